The summed E-state index contributed by atoms with van der Waals surface area (Å²) in [5, 5.41) is 24.3. The molecule has 0 bridgehead atoms. The minimum absolute atomic E-state index is 0.137. The van der Waals surface area contributed by atoms with Crippen molar-refractivity contribution in [3.05, 3.63) is 66.2 Å². The number of carbonyl (C=O) groups excluding carboxylic acids is 1. The predicted octanol–water partition coefficient (Wildman–Crippen LogP) is 2.25. The second kappa shape index (κ2) is 10.1. The van der Waals surface area contributed by atoms with Crippen molar-refractivity contribution in [2.75, 3.05) is 26.9 Å². The number of rotatable bonds is 9. The number of nitrogens with zero attached hydrogens (tertiary/aromatic N) is 5. The average molecular weight is 444 g/mol. The Morgan fingerprint density at radius 2 is 1.76 bits per heavy atom. The first-order chi connectivity index (χ1) is 16.2. The van der Waals surface area contributed by atoms with E-state index in [1.807, 2.05) is 30.3 Å². The number of ether oxygens (including phenoxy) is 3. The van der Waals surface area contributed by atoms with Gasteiger partial charge >= 0.3 is 0 Å². The Kier molecular flexibility index (Phi) is 6.61. The summed E-state index contributed by atoms with van der Waals surface area (Å²) in [5.74, 6) is 1.92. The fourth-order valence-electron chi connectivity index (χ4n) is 2.94. The van der Waals surface area contributed by atoms with E-state index in [4.69, 9.17) is 19.5 Å². The van der Waals surface area contributed by atoms with E-state index in [0.717, 1.165) is 11.3 Å². The van der Waals surface area contributed by atoms with Crippen LogP contribution in [-0.2, 0) is 4.79 Å². The summed E-state index contributed by atoms with van der Waals surface area (Å²) in [7, 11) is 1.61. The van der Waals surface area contributed by atoms with E-state index in [9.17, 15) is 4.79 Å². The predicted molar refractivity (Wildman–Crippen MR) is 118 cm³/mol. The average Bonchev–Trinajstić information content (AvgIpc) is 3.29. The molecule has 10 nitrogen and oxygen atoms in total. The molecule has 0 unspecified atom stereocenters. The van der Waals surface area contributed by atoms with Gasteiger partial charge in [0.05, 0.1) is 25.3 Å². The summed E-state index contributed by atoms with van der Waals surface area (Å²) in [6, 6.07) is 19.4. The molecule has 0 aliphatic heterocycles. The highest BCUT2D eigenvalue weighted by Gasteiger charge is 2.11. The van der Waals surface area contributed by atoms with Crippen LogP contribution < -0.4 is 19.5 Å². The van der Waals surface area contributed by atoms with Crippen molar-refractivity contribution in [3.63, 3.8) is 0 Å². The fraction of sp³-hybridized carbons (Fsp3) is 0.174. The molecule has 0 aliphatic rings. The lowest BCUT2D eigenvalue weighted by Crippen LogP contribution is -2.32. The first kappa shape index (κ1) is 21.6. The molecule has 0 saturated carbocycles. The van der Waals surface area contributed by atoms with E-state index in [1.54, 1.807) is 48.0 Å². The maximum atomic E-state index is 11.9. The number of nitriles is 1. The van der Waals surface area contributed by atoms with Gasteiger partial charge in [-0.05, 0) is 54.6 Å². The third kappa shape index (κ3) is 5.34. The Morgan fingerprint density at radius 1 is 1.00 bits per heavy atom. The summed E-state index contributed by atoms with van der Waals surface area (Å²) >= 11 is 0. The number of carbonyl (C=O) groups is 1. The highest BCUT2D eigenvalue weighted by atomic mass is 16.5. The molecule has 0 aliphatic carbocycles. The highest BCUT2D eigenvalue weighted by molar-refractivity contribution is 5.77. The van der Waals surface area contributed by atoms with Crippen LogP contribution in [0.2, 0.25) is 0 Å². The molecule has 10 heteroatoms. The Morgan fingerprint density at radius 3 is 2.48 bits per heavy atom. The van der Waals surface area contributed by atoms with Crippen molar-refractivity contribution in [2.24, 2.45) is 0 Å². The molecule has 1 amide bonds. The monoisotopic (exact) mass is 444 g/mol. The van der Waals surface area contributed by atoms with E-state index in [0.29, 0.717) is 28.7 Å². The van der Waals surface area contributed by atoms with E-state index in [2.05, 4.69) is 20.6 Å². The van der Waals surface area contributed by atoms with Gasteiger partial charge in [-0.3, -0.25) is 4.79 Å². The van der Waals surface area contributed by atoms with Crippen LogP contribution in [0.25, 0.3) is 17.0 Å². The number of fused-ring (bicyclic) bond motifs is 1. The molecule has 0 radical (unpaired) electrons. The van der Waals surface area contributed by atoms with E-state index >= 15 is 0 Å². The van der Waals surface area contributed by atoms with Gasteiger partial charge in [0.2, 0.25) is 5.88 Å². The third-order valence-corrected chi connectivity index (χ3v) is 4.61. The van der Waals surface area contributed by atoms with Gasteiger partial charge in [0.15, 0.2) is 18.1 Å². The summed E-state index contributed by atoms with van der Waals surface area (Å²) in [6.45, 7) is 0.367. The zero-order chi connectivity index (χ0) is 23.0. The van der Waals surface area contributed by atoms with Gasteiger partial charge in [-0.25, -0.2) is 0 Å². The second-order valence-corrected chi connectivity index (χ2v) is 6.82. The largest absolute Gasteiger partial charge is 0.497 e. The van der Waals surface area contributed by atoms with Crippen LogP contribution in [0.3, 0.4) is 0 Å². The van der Waals surface area contributed by atoms with Crippen molar-refractivity contribution in [1.29, 1.82) is 5.26 Å². The van der Waals surface area contributed by atoms with Gasteiger partial charge in [0, 0.05) is 11.6 Å². The first-order valence-corrected chi connectivity index (χ1v) is 10.1. The molecule has 2 aromatic carbocycles. The minimum atomic E-state index is -0.285. The number of amides is 1. The molecule has 4 rings (SSSR count). The number of benzene rings is 2. The maximum absolute atomic E-state index is 11.9. The summed E-state index contributed by atoms with van der Waals surface area (Å²) < 4.78 is 17.8. The Hall–Kier alpha value is -4.65. The Labute approximate surface area is 189 Å². The molecule has 1 N–H and O–H groups in total. The van der Waals surface area contributed by atoms with Crippen LogP contribution in [-0.4, -0.2) is 52.6 Å². The van der Waals surface area contributed by atoms with Crippen LogP contribution in [0, 0.1) is 11.3 Å². The van der Waals surface area contributed by atoms with Gasteiger partial charge in [-0.1, -0.05) is 0 Å². The number of nitrogens with one attached hydrogen (secondary N) is 1. The Balaban J connectivity index is 1.28. The zero-order valence-corrected chi connectivity index (χ0v) is 17.8. The van der Waals surface area contributed by atoms with Gasteiger partial charge in [0.1, 0.15) is 18.1 Å². The normalized spacial score (nSPS) is 10.4. The first-order valence-electron chi connectivity index (χ1n) is 10.1. The van der Waals surface area contributed by atoms with Gasteiger partial charge in [0.25, 0.3) is 5.91 Å². The van der Waals surface area contributed by atoms with Crippen molar-refractivity contribution >= 4 is 11.6 Å². The van der Waals surface area contributed by atoms with Crippen LogP contribution in [0.4, 0.5) is 0 Å². The Bertz CT molecular complexity index is 1280. The molecule has 2 heterocycles. The van der Waals surface area contributed by atoms with Crippen molar-refractivity contribution in [2.45, 2.75) is 0 Å². The fourth-order valence-corrected chi connectivity index (χ4v) is 2.94. The second-order valence-electron chi connectivity index (χ2n) is 6.82. The van der Waals surface area contributed by atoms with Crippen LogP contribution in [0.15, 0.2) is 60.7 Å². The molecule has 0 atom stereocenters. The lowest BCUT2D eigenvalue weighted by molar-refractivity contribution is -0.123. The topological polar surface area (TPSA) is 124 Å². The number of hydrogen-bond donors (Lipinski definition) is 1. The standard InChI is InChI=1S/C23H20N6O4/c1-31-18-8-4-17(5-9-18)23-27-26-20-10-11-22(28-29(20)23)32-13-12-25-21(30)15-33-19-6-2-16(14-24)3-7-19/h2-11H,12-13,15H2,1H3,(H,25,30). The maximum Gasteiger partial charge on any atom is 0.258 e. The van der Waals surface area contributed by atoms with Crippen molar-refractivity contribution < 1.29 is 19.0 Å². The third-order valence-electron chi connectivity index (χ3n) is 4.61. The van der Waals surface area contributed by atoms with Crippen LogP contribution >= 0.6 is 0 Å². The molecular weight excluding hydrogens is 424 g/mol. The van der Waals surface area contributed by atoms with E-state index in [-0.39, 0.29) is 25.7 Å². The smallest absolute Gasteiger partial charge is 0.258 e. The molecule has 33 heavy (non-hydrogen) atoms. The number of hydrogen-bond acceptors (Lipinski definition) is 8. The molecule has 166 valence electrons. The van der Waals surface area contributed by atoms with Gasteiger partial charge in [-0.15, -0.1) is 15.3 Å². The van der Waals surface area contributed by atoms with Crippen LogP contribution in [0.5, 0.6) is 17.4 Å². The summed E-state index contributed by atoms with van der Waals surface area (Å²) in [5.41, 5.74) is 1.95. The molecular formula is C23H20N6O4. The number of aromatic nitrogens is 4. The van der Waals surface area contributed by atoms with Crippen molar-refractivity contribution in [1.82, 2.24) is 25.1 Å². The van der Waals surface area contributed by atoms with E-state index < -0.39 is 0 Å². The molecule has 0 saturated heterocycles. The lowest BCUT2D eigenvalue weighted by Gasteiger charge is -2.09. The molecule has 0 spiro atoms. The SMILES string of the molecule is COc1ccc(-c2nnc3ccc(OCCNC(=O)COc4ccc(C#N)cc4)nn23)cc1. The summed E-state index contributed by atoms with van der Waals surface area (Å²) in [4.78, 5) is 11.9. The molecule has 4 aromatic rings. The van der Waals surface area contributed by atoms with Gasteiger partial charge < -0.3 is 19.5 Å². The van der Waals surface area contributed by atoms with E-state index in [1.165, 1.54) is 0 Å². The van der Waals surface area contributed by atoms with Crippen LogP contribution in [0.1, 0.15) is 5.56 Å². The quantitative estimate of drug-likeness (QED) is 0.390. The molecule has 2 aromatic heterocycles. The lowest BCUT2D eigenvalue weighted by atomic mass is 10.2. The highest BCUT2D eigenvalue weighted by Crippen LogP contribution is 2.21. The van der Waals surface area contributed by atoms with Crippen molar-refractivity contribution in [3.8, 4) is 34.8 Å². The number of methoxy groups -OCH3 is 1. The molecule has 0 fully saturated rings. The zero-order valence-electron chi connectivity index (χ0n) is 17.8. The summed E-state index contributed by atoms with van der Waals surface area (Å²) in [6.07, 6.45) is 0. The minimum Gasteiger partial charge on any atom is -0.497 e. The van der Waals surface area contributed by atoms with Gasteiger partial charge in [-0.2, -0.15) is 9.78 Å².